The number of aryl methyl sites for hydroxylation is 1. The Morgan fingerprint density at radius 1 is 1.47 bits per heavy atom. The third kappa shape index (κ3) is 3.90. The summed E-state index contributed by atoms with van der Waals surface area (Å²) in [6, 6.07) is 4.54. The lowest BCUT2D eigenvalue weighted by Crippen LogP contribution is -2.36. The molecule has 0 radical (unpaired) electrons. The minimum atomic E-state index is -3.54. The van der Waals surface area contributed by atoms with Gasteiger partial charge < -0.3 is 5.11 Å². The summed E-state index contributed by atoms with van der Waals surface area (Å²) < 4.78 is 27.5. The molecule has 6 heteroatoms. The molecule has 0 aliphatic rings. The summed E-state index contributed by atoms with van der Waals surface area (Å²) in [5, 5.41) is 9.01. The molecule has 17 heavy (non-hydrogen) atoms. The standard InChI is InChI=1S/C11H16INO3S/c1-3-9(7-14)13-17(15,16)10-4-5-11(12)8(2)6-10/h4-6,9,13-14H,3,7H2,1-2H3. The van der Waals surface area contributed by atoms with E-state index in [-0.39, 0.29) is 11.5 Å². The van der Waals surface area contributed by atoms with Crippen LogP contribution in [0.4, 0.5) is 0 Å². The number of rotatable bonds is 5. The van der Waals surface area contributed by atoms with E-state index < -0.39 is 16.1 Å². The van der Waals surface area contributed by atoms with Crippen molar-refractivity contribution in [2.45, 2.75) is 31.2 Å². The van der Waals surface area contributed by atoms with Gasteiger partial charge in [-0.15, -0.1) is 0 Å². The molecule has 0 aliphatic heterocycles. The van der Waals surface area contributed by atoms with Crippen molar-refractivity contribution in [3.63, 3.8) is 0 Å². The van der Waals surface area contributed by atoms with Crippen molar-refractivity contribution < 1.29 is 13.5 Å². The molecule has 0 aliphatic carbocycles. The van der Waals surface area contributed by atoms with E-state index in [0.29, 0.717) is 6.42 Å². The second-order valence-electron chi connectivity index (χ2n) is 3.82. The minimum absolute atomic E-state index is 0.195. The Morgan fingerprint density at radius 2 is 2.12 bits per heavy atom. The van der Waals surface area contributed by atoms with E-state index in [2.05, 4.69) is 27.3 Å². The molecular formula is C11H16INO3S. The zero-order valence-corrected chi connectivity index (χ0v) is 12.7. The molecule has 1 aromatic carbocycles. The Morgan fingerprint density at radius 3 is 2.59 bits per heavy atom. The van der Waals surface area contributed by atoms with E-state index in [4.69, 9.17) is 5.11 Å². The highest BCUT2D eigenvalue weighted by Gasteiger charge is 2.18. The Hall–Kier alpha value is -0.180. The zero-order chi connectivity index (χ0) is 13.1. The lowest BCUT2D eigenvalue weighted by Gasteiger charge is -2.14. The number of sulfonamides is 1. The first-order valence-electron chi connectivity index (χ1n) is 5.30. The van der Waals surface area contributed by atoms with Crippen LogP contribution in [0, 0.1) is 10.5 Å². The highest BCUT2D eigenvalue weighted by molar-refractivity contribution is 14.1. The van der Waals surface area contributed by atoms with Crippen LogP contribution in [0.3, 0.4) is 0 Å². The topological polar surface area (TPSA) is 66.4 Å². The van der Waals surface area contributed by atoms with Gasteiger partial charge in [-0.25, -0.2) is 13.1 Å². The first kappa shape index (κ1) is 14.9. The molecule has 0 amide bonds. The fourth-order valence-electron chi connectivity index (χ4n) is 1.32. The van der Waals surface area contributed by atoms with Gasteiger partial charge in [-0.2, -0.15) is 0 Å². The number of hydrogen-bond acceptors (Lipinski definition) is 3. The first-order valence-corrected chi connectivity index (χ1v) is 7.86. The second kappa shape index (κ2) is 6.12. The van der Waals surface area contributed by atoms with Crippen molar-refractivity contribution in [2.24, 2.45) is 0 Å². The van der Waals surface area contributed by atoms with Crippen LogP contribution in [0.15, 0.2) is 23.1 Å². The third-order valence-corrected chi connectivity index (χ3v) is 5.20. The summed E-state index contributed by atoms with van der Waals surface area (Å²) >= 11 is 2.15. The van der Waals surface area contributed by atoms with E-state index in [0.717, 1.165) is 9.13 Å². The highest BCUT2D eigenvalue weighted by atomic mass is 127. The molecule has 96 valence electrons. The summed E-state index contributed by atoms with van der Waals surface area (Å²) in [5.74, 6) is 0. The van der Waals surface area contributed by atoms with Crippen LogP contribution in [0.1, 0.15) is 18.9 Å². The molecule has 2 N–H and O–H groups in total. The Balaban J connectivity index is 3.01. The van der Waals surface area contributed by atoms with E-state index in [9.17, 15) is 8.42 Å². The van der Waals surface area contributed by atoms with E-state index in [1.165, 1.54) is 0 Å². The molecule has 0 spiro atoms. The number of aliphatic hydroxyl groups excluding tert-OH is 1. The van der Waals surface area contributed by atoms with Crippen molar-refractivity contribution in [3.05, 3.63) is 27.3 Å². The van der Waals surface area contributed by atoms with Gasteiger partial charge in [0, 0.05) is 9.61 Å². The van der Waals surface area contributed by atoms with Crippen molar-refractivity contribution in [2.75, 3.05) is 6.61 Å². The van der Waals surface area contributed by atoms with Gasteiger partial charge in [0.15, 0.2) is 0 Å². The monoisotopic (exact) mass is 369 g/mol. The first-order chi connectivity index (χ1) is 7.90. The molecule has 1 aromatic rings. The maximum Gasteiger partial charge on any atom is 0.240 e. The number of benzene rings is 1. The summed E-state index contributed by atoms with van der Waals surface area (Å²) in [4.78, 5) is 0.238. The average molecular weight is 369 g/mol. The van der Waals surface area contributed by atoms with Crippen LogP contribution in [-0.4, -0.2) is 26.2 Å². The highest BCUT2D eigenvalue weighted by Crippen LogP contribution is 2.17. The number of hydrogen-bond donors (Lipinski definition) is 2. The van der Waals surface area contributed by atoms with Crippen molar-refractivity contribution in [1.82, 2.24) is 4.72 Å². The Labute approximate surface area is 116 Å². The van der Waals surface area contributed by atoms with Crippen molar-refractivity contribution >= 4 is 32.6 Å². The van der Waals surface area contributed by atoms with Crippen LogP contribution in [0.5, 0.6) is 0 Å². The van der Waals surface area contributed by atoms with E-state index in [1.807, 2.05) is 13.8 Å². The minimum Gasteiger partial charge on any atom is -0.395 e. The average Bonchev–Trinajstić information content (AvgIpc) is 2.29. The van der Waals surface area contributed by atoms with Crippen LogP contribution in [0.25, 0.3) is 0 Å². The SMILES string of the molecule is CCC(CO)NS(=O)(=O)c1ccc(I)c(C)c1. The predicted molar refractivity (Wildman–Crippen MR) is 75.4 cm³/mol. The van der Waals surface area contributed by atoms with Gasteiger partial charge in [0.05, 0.1) is 11.5 Å². The second-order valence-corrected chi connectivity index (χ2v) is 6.70. The van der Waals surface area contributed by atoms with Gasteiger partial charge in [0.2, 0.25) is 10.0 Å². The quantitative estimate of drug-likeness (QED) is 0.776. The fourth-order valence-corrected chi connectivity index (χ4v) is 3.05. The summed E-state index contributed by atoms with van der Waals surface area (Å²) in [5.41, 5.74) is 0.922. The van der Waals surface area contributed by atoms with Gasteiger partial charge in [-0.05, 0) is 59.7 Å². The smallest absolute Gasteiger partial charge is 0.240 e. The van der Waals surface area contributed by atoms with Gasteiger partial charge >= 0.3 is 0 Å². The zero-order valence-electron chi connectivity index (χ0n) is 9.77. The molecule has 0 bridgehead atoms. The number of aliphatic hydroxyl groups is 1. The largest absolute Gasteiger partial charge is 0.395 e. The Kier molecular flexibility index (Phi) is 5.36. The van der Waals surface area contributed by atoms with E-state index >= 15 is 0 Å². The fraction of sp³-hybridized carbons (Fsp3) is 0.455. The molecule has 1 unspecified atom stereocenters. The molecule has 0 fully saturated rings. The third-order valence-electron chi connectivity index (χ3n) is 2.47. The molecule has 0 saturated carbocycles. The normalized spacial score (nSPS) is 13.6. The van der Waals surface area contributed by atoms with Crippen molar-refractivity contribution in [3.8, 4) is 0 Å². The van der Waals surface area contributed by atoms with Gasteiger partial charge in [0.1, 0.15) is 0 Å². The predicted octanol–water partition coefficient (Wildman–Crippen LogP) is 1.65. The van der Waals surface area contributed by atoms with Crippen LogP contribution in [-0.2, 0) is 10.0 Å². The maximum absolute atomic E-state index is 12.0. The number of nitrogens with one attached hydrogen (secondary N) is 1. The molecular weight excluding hydrogens is 353 g/mol. The maximum atomic E-state index is 12.0. The molecule has 1 atom stereocenters. The van der Waals surface area contributed by atoms with E-state index in [1.54, 1.807) is 18.2 Å². The van der Waals surface area contributed by atoms with Gasteiger partial charge in [-0.1, -0.05) is 6.92 Å². The molecule has 0 aromatic heterocycles. The van der Waals surface area contributed by atoms with Gasteiger partial charge in [-0.3, -0.25) is 0 Å². The lowest BCUT2D eigenvalue weighted by atomic mass is 10.2. The Bertz CT molecular complexity index is 483. The van der Waals surface area contributed by atoms with Crippen LogP contribution in [0.2, 0.25) is 0 Å². The summed E-state index contributed by atoms with van der Waals surface area (Å²) in [6.45, 7) is 3.49. The van der Waals surface area contributed by atoms with Crippen LogP contribution >= 0.6 is 22.6 Å². The van der Waals surface area contributed by atoms with Crippen molar-refractivity contribution in [1.29, 1.82) is 0 Å². The lowest BCUT2D eigenvalue weighted by molar-refractivity contribution is 0.254. The molecule has 0 heterocycles. The summed E-state index contributed by atoms with van der Waals surface area (Å²) in [6.07, 6.45) is 0.555. The summed E-state index contributed by atoms with van der Waals surface area (Å²) in [7, 11) is -3.54. The van der Waals surface area contributed by atoms with Crippen LogP contribution < -0.4 is 4.72 Å². The number of halogens is 1. The molecule has 1 rings (SSSR count). The molecule has 0 saturated heterocycles. The van der Waals surface area contributed by atoms with Gasteiger partial charge in [0.25, 0.3) is 0 Å². The molecule has 4 nitrogen and oxygen atoms in total.